The smallest absolute Gasteiger partial charge is 0.225 e. The third-order valence-corrected chi connectivity index (χ3v) is 4.02. The Morgan fingerprint density at radius 1 is 1.13 bits per heavy atom. The first kappa shape index (κ1) is 11.0. The number of piperidine rings is 1. The van der Waals surface area contributed by atoms with Crippen molar-refractivity contribution >= 4 is 5.91 Å². The zero-order valence-corrected chi connectivity index (χ0v) is 10.0. The molecule has 0 aromatic rings. The Morgan fingerprint density at radius 3 is 2.53 bits per heavy atom. The molecule has 0 bridgehead atoms. The normalized spacial score (nSPS) is 31.5. The number of hydrogen-bond donors (Lipinski definition) is 0. The van der Waals surface area contributed by atoms with Crippen molar-refractivity contribution in [3.05, 3.63) is 0 Å². The molecule has 0 aromatic heterocycles. The molecule has 1 aliphatic heterocycles. The fraction of sp³-hybridized carbons (Fsp3) is 0.923. The number of carbonyl (C=O) groups excluding carboxylic acids is 1. The number of hydrogen-bond acceptors (Lipinski definition) is 1. The van der Waals surface area contributed by atoms with E-state index in [-0.39, 0.29) is 5.92 Å². The molecule has 0 spiro atoms. The van der Waals surface area contributed by atoms with Crippen LogP contribution in [0.1, 0.15) is 52.4 Å². The monoisotopic (exact) mass is 209 g/mol. The maximum Gasteiger partial charge on any atom is 0.225 e. The van der Waals surface area contributed by atoms with Crippen molar-refractivity contribution in [2.45, 2.75) is 58.4 Å². The molecule has 1 aliphatic carbocycles. The van der Waals surface area contributed by atoms with Gasteiger partial charge in [-0.1, -0.05) is 26.7 Å². The zero-order chi connectivity index (χ0) is 10.8. The third kappa shape index (κ3) is 2.19. The summed E-state index contributed by atoms with van der Waals surface area (Å²) in [5, 5.41) is 0. The van der Waals surface area contributed by atoms with Gasteiger partial charge in [0.15, 0.2) is 0 Å². The van der Waals surface area contributed by atoms with E-state index in [1.807, 2.05) is 13.8 Å². The lowest BCUT2D eigenvalue weighted by molar-refractivity contribution is -0.140. The van der Waals surface area contributed by atoms with Gasteiger partial charge in [0.25, 0.3) is 0 Å². The van der Waals surface area contributed by atoms with Crippen molar-refractivity contribution in [1.82, 2.24) is 4.90 Å². The van der Waals surface area contributed by atoms with E-state index in [2.05, 4.69) is 4.90 Å². The zero-order valence-electron chi connectivity index (χ0n) is 10.0. The van der Waals surface area contributed by atoms with Crippen LogP contribution in [0.4, 0.5) is 0 Å². The summed E-state index contributed by atoms with van der Waals surface area (Å²) >= 11 is 0. The molecule has 0 radical (unpaired) electrons. The third-order valence-electron chi connectivity index (χ3n) is 4.02. The maximum absolute atomic E-state index is 12.1. The average Bonchev–Trinajstić information content (AvgIpc) is 2.27. The van der Waals surface area contributed by atoms with Gasteiger partial charge in [0, 0.05) is 18.5 Å². The van der Waals surface area contributed by atoms with Crippen molar-refractivity contribution < 1.29 is 4.79 Å². The number of likely N-dealkylation sites (tertiary alicyclic amines) is 1. The van der Waals surface area contributed by atoms with Gasteiger partial charge in [-0.25, -0.2) is 0 Å². The Kier molecular flexibility index (Phi) is 3.32. The highest BCUT2D eigenvalue weighted by molar-refractivity contribution is 5.78. The molecule has 1 saturated carbocycles. The minimum atomic E-state index is 0.172. The minimum absolute atomic E-state index is 0.172. The molecule has 0 unspecified atom stereocenters. The number of nitrogens with zero attached hydrogens (tertiary/aromatic N) is 1. The van der Waals surface area contributed by atoms with Crippen molar-refractivity contribution in [3.8, 4) is 0 Å². The van der Waals surface area contributed by atoms with Crippen LogP contribution in [0.2, 0.25) is 0 Å². The van der Waals surface area contributed by atoms with E-state index in [1.165, 1.54) is 38.5 Å². The van der Waals surface area contributed by atoms with Gasteiger partial charge in [0.1, 0.15) is 0 Å². The van der Waals surface area contributed by atoms with E-state index in [9.17, 15) is 4.79 Å². The van der Waals surface area contributed by atoms with Crippen LogP contribution >= 0.6 is 0 Å². The predicted molar refractivity (Wildman–Crippen MR) is 61.5 cm³/mol. The highest BCUT2D eigenvalue weighted by Gasteiger charge is 2.35. The predicted octanol–water partition coefficient (Wildman–Crippen LogP) is 2.82. The minimum Gasteiger partial charge on any atom is -0.339 e. The van der Waals surface area contributed by atoms with Gasteiger partial charge >= 0.3 is 0 Å². The fourth-order valence-electron chi connectivity index (χ4n) is 3.23. The summed E-state index contributed by atoms with van der Waals surface area (Å²) in [5.74, 6) is 1.37. The largest absolute Gasteiger partial charge is 0.339 e. The van der Waals surface area contributed by atoms with E-state index >= 15 is 0 Å². The summed E-state index contributed by atoms with van der Waals surface area (Å²) in [6.07, 6.45) is 7.88. The molecule has 0 N–H and O–H groups in total. The second-order valence-electron chi connectivity index (χ2n) is 5.44. The SMILES string of the molecule is CC(C)C(=O)N1CCC[C@H]2CCCC[C@@H]21. The van der Waals surface area contributed by atoms with E-state index in [4.69, 9.17) is 0 Å². The molecule has 2 heteroatoms. The molecule has 2 rings (SSSR count). The molecule has 1 heterocycles. The molecular formula is C13H23NO. The van der Waals surface area contributed by atoms with Crippen molar-refractivity contribution in [2.24, 2.45) is 11.8 Å². The molecule has 2 fully saturated rings. The summed E-state index contributed by atoms with van der Waals surface area (Å²) in [4.78, 5) is 14.3. The Bertz CT molecular complexity index is 235. The van der Waals surface area contributed by atoms with Gasteiger partial charge in [0.2, 0.25) is 5.91 Å². The van der Waals surface area contributed by atoms with Crippen LogP contribution in [0.3, 0.4) is 0 Å². The first-order valence-corrected chi connectivity index (χ1v) is 6.50. The average molecular weight is 209 g/mol. The molecule has 0 aromatic carbocycles. The van der Waals surface area contributed by atoms with Gasteiger partial charge in [-0.05, 0) is 31.6 Å². The lowest BCUT2D eigenvalue weighted by atomic mass is 9.78. The topological polar surface area (TPSA) is 20.3 Å². The Hall–Kier alpha value is -0.530. The summed E-state index contributed by atoms with van der Waals surface area (Å²) in [5.41, 5.74) is 0. The second-order valence-corrected chi connectivity index (χ2v) is 5.44. The summed E-state index contributed by atoms with van der Waals surface area (Å²) in [7, 11) is 0. The van der Waals surface area contributed by atoms with Crippen LogP contribution < -0.4 is 0 Å². The van der Waals surface area contributed by atoms with Gasteiger partial charge in [-0.15, -0.1) is 0 Å². The molecular weight excluding hydrogens is 186 g/mol. The van der Waals surface area contributed by atoms with Gasteiger partial charge in [0.05, 0.1) is 0 Å². The second kappa shape index (κ2) is 4.54. The van der Waals surface area contributed by atoms with E-state index in [0.29, 0.717) is 11.9 Å². The van der Waals surface area contributed by atoms with Crippen LogP contribution in [0.5, 0.6) is 0 Å². The van der Waals surface area contributed by atoms with E-state index in [1.54, 1.807) is 0 Å². The van der Waals surface area contributed by atoms with E-state index in [0.717, 1.165) is 12.5 Å². The molecule has 86 valence electrons. The molecule has 1 amide bonds. The van der Waals surface area contributed by atoms with Gasteiger partial charge in [-0.2, -0.15) is 0 Å². The van der Waals surface area contributed by atoms with Crippen LogP contribution in [-0.2, 0) is 4.79 Å². The summed E-state index contributed by atoms with van der Waals surface area (Å²) in [6, 6.07) is 0.586. The highest BCUT2D eigenvalue weighted by atomic mass is 16.2. The van der Waals surface area contributed by atoms with E-state index < -0.39 is 0 Å². The first-order valence-electron chi connectivity index (χ1n) is 6.50. The van der Waals surface area contributed by atoms with Crippen molar-refractivity contribution in [3.63, 3.8) is 0 Å². The lowest BCUT2D eigenvalue weighted by Crippen LogP contribution is -2.50. The van der Waals surface area contributed by atoms with Crippen molar-refractivity contribution in [1.29, 1.82) is 0 Å². The lowest BCUT2D eigenvalue weighted by Gasteiger charge is -2.44. The molecule has 2 nitrogen and oxygen atoms in total. The molecule has 2 atom stereocenters. The number of amides is 1. The Labute approximate surface area is 93.0 Å². The van der Waals surface area contributed by atoms with Crippen LogP contribution in [0.25, 0.3) is 0 Å². The van der Waals surface area contributed by atoms with Gasteiger partial charge < -0.3 is 4.90 Å². The fourth-order valence-corrected chi connectivity index (χ4v) is 3.23. The summed E-state index contributed by atoms with van der Waals surface area (Å²) in [6.45, 7) is 5.06. The molecule has 1 saturated heterocycles. The molecule has 2 aliphatic rings. The number of carbonyl (C=O) groups is 1. The standard InChI is InChI=1S/C13H23NO/c1-10(2)13(15)14-9-5-7-11-6-3-4-8-12(11)14/h10-12H,3-9H2,1-2H3/t11-,12+/m1/s1. The van der Waals surface area contributed by atoms with Crippen LogP contribution in [0, 0.1) is 11.8 Å². The Balaban J connectivity index is 2.06. The number of rotatable bonds is 1. The first-order chi connectivity index (χ1) is 7.20. The highest BCUT2D eigenvalue weighted by Crippen LogP contribution is 2.35. The van der Waals surface area contributed by atoms with Crippen LogP contribution in [0.15, 0.2) is 0 Å². The Morgan fingerprint density at radius 2 is 1.80 bits per heavy atom. The summed E-state index contributed by atoms with van der Waals surface area (Å²) < 4.78 is 0. The van der Waals surface area contributed by atoms with Crippen molar-refractivity contribution in [2.75, 3.05) is 6.54 Å². The number of fused-ring (bicyclic) bond motifs is 1. The van der Waals surface area contributed by atoms with Gasteiger partial charge in [-0.3, -0.25) is 4.79 Å². The maximum atomic E-state index is 12.1. The molecule has 15 heavy (non-hydrogen) atoms. The van der Waals surface area contributed by atoms with Crippen LogP contribution in [-0.4, -0.2) is 23.4 Å². The quantitative estimate of drug-likeness (QED) is 0.650.